The third-order valence-electron chi connectivity index (χ3n) is 6.85. The summed E-state index contributed by atoms with van der Waals surface area (Å²) >= 11 is 0. The second-order valence-corrected chi connectivity index (χ2v) is 8.33. The molecule has 152 valence electrons. The molecule has 0 saturated carbocycles. The first-order chi connectivity index (χ1) is 14.0. The molecule has 29 heavy (non-hydrogen) atoms. The summed E-state index contributed by atoms with van der Waals surface area (Å²) in [5.74, 6) is 0.213. The largest absolute Gasteiger partial charge is 0.337 e. The maximum Gasteiger partial charge on any atom is 0.325 e. The Bertz CT molecular complexity index is 1040. The van der Waals surface area contributed by atoms with Crippen LogP contribution in [0.5, 0.6) is 0 Å². The number of fused-ring (bicyclic) bond motifs is 2. The summed E-state index contributed by atoms with van der Waals surface area (Å²) in [4.78, 5) is 45.5. The molecule has 5 heterocycles. The van der Waals surface area contributed by atoms with Crippen LogP contribution >= 0.6 is 0 Å². The number of likely N-dealkylation sites (tertiary alicyclic amines) is 1. The highest BCUT2D eigenvalue weighted by molar-refractivity contribution is 5.79. The molecule has 7 nitrogen and oxygen atoms in total. The second-order valence-electron chi connectivity index (χ2n) is 8.33. The molecule has 1 aromatic heterocycles. The zero-order valence-corrected chi connectivity index (χ0v) is 15.9. The molecule has 0 radical (unpaired) electrons. The molecule has 0 aliphatic carbocycles. The lowest BCUT2D eigenvalue weighted by atomic mass is 9.75. The fourth-order valence-electron chi connectivity index (χ4n) is 5.54. The van der Waals surface area contributed by atoms with Gasteiger partial charge < -0.3 is 9.88 Å². The van der Waals surface area contributed by atoms with Crippen LogP contribution in [0.25, 0.3) is 0 Å². The number of rotatable bonds is 3. The monoisotopic (exact) mass is 398 g/mol. The number of aromatic amines is 2. The molecule has 4 aliphatic heterocycles. The highest BCUT2D eigenvalue weighted by atomic mass is 19.1. The molecule has 2 bridgehead atoms. The first-order valence-electron chi connectivity index (χ1n) is 10.1. The Balaban J connectivity index is 1.46. The highest BCUT2D eigenvalue weighted by Gasteiger charge is 2.54. The number of carbonyl (C=O) groups is 1. The lowest BCUT2D eigenvalue weighted by molar-refractivity contribution is -0.135. The van der Waals surface area contributed by atoms with Gasteiger partial charge in [-0.25, -0.2) is 9.18 Å². The van der Waals surface area contributed by atoms with E-state index in [1.165, 1.54) is 18.3 Å². The van der Waals surface area contributed by atoms with Crippen molar-refractivity contribution < 1.29 is 9.18 Å². The van der Waals surface area contributed by atoms with Crippen LogP contribution in [-0.4, -0.2) is 57.4 Å². The van der Waals surface area contributed by atoms with Gasteiger partial charge in [0.05, 0.1) is 12.5 Å². The van der Waals surface area contributed by atoms with Gasteiger partial charge in [0, 0.05) is 30.3 Å². The molecule has 4 fully saturated rings. The van der Waals surface area contributed by atoms with Crippen LogP contribution in [-0.2, 0) is 11.2 Å². The molecular weight excluding hydrogens is 375 g/mol. The van der Waals surface area contributed by atoms with Crippen molar-refractivity contribution in [3.8, 4) is 0 Å². The summed E-state index contributed by atoms with van der Waals surface area (Å²) in [5, 5.41) is 0. The number of piperidine rings is 3. The standard InChI is InChI=1S/C21H23FN4O3/c22-15-3-1-12(2-4-15)16-11-26(18-13-5-7-25(8-6-13)19(16)18)17(27)9-14-10-23-21(29)24-20(14)28/h1-4,10,13,16,18-19H,5-9,11H2,(H2,23,24,28,29)/t16-,18+,19+/m0/s1. The topological polar surface area (TPSA) is 89.3 Å². The maximum absolute atomic E-state index is 13.4. The first kappa shape index (κ1) is 18.3. The van der Waals surface area contributed by atoms with E-state index in [0.29, 0.717) is 12.5 Å². The summed E-state index contributed by atoms with van der Waals surface area (Å²) < 4.78 is 13.4. The fraction of sp³-hybridized carbons (Fsp3) is 0.476. The van der Waals surface area contributed by atoms with Crippen LogP contribution in [0.15, 0.2) is 40.1 Å². The van der Waals surface area contributed by atoms with Gasteiger partial charge in [-0.1, -0.05) is 12.1 Å². The molecule has 4 aliphatic rings. The third-order valence-corrected chi connectivity index (χ3v) is 6.85. The first-order valence-corrected chi connectivity index (χ1v) is 10.1. The quantitative estimate of drug-likeness (QED) is 0.802. The van der Waals surface area contributed by atoms with E-state index in [-0.39, 0.29) is 41.7 Å². The maximum atomic E-state index is 13.4. The number of nitrogens with zero attached hydrogens (tertiary/aromatic N) is 2. The number of nitrogens with one attached hydrogen (secondary N) is 2. The zero-order chi connectivity index (χ0) is 20.1. The van der Waals surface area contributed by atoms with Crippen LogP contribution in [0.2, 0.25) is 0 Å². The van der Waals surface area contributed by atoms with Crippen molar-refractivity contribution in [2.45, 2.75) is 37.3 Å². The second kappa shape index (κ2) is 6.95. The van der Waals surface area contributed by atoms with Gasteiger partial charge >= 0.3 is 5.69 Å². The molecule has 3 atom stereocenters. The lowest BCUT2D eigenvalue weighted by Crippen LogP contribution is -2.60. The summed E-state index contributed by atoms with van der Waals surface area (Å²) in [6.07, 6.45) is 3.42. The third kappa shape index (κ3) is 3.11. The van der Waals surface area contributed by atoms with Crippen LogP contribution in [0.3, 0.4) is 0 Å². The molecule has 2 aromatic rings. The van der Waals surface area contributed by atoms with E-state index >= 15 is 0 Å². The Hall–Kier alpha value is -2.74. The molecule has 2 N–H and O–H groups in total. The van der Waals surface area contributed by atoms with Crippen molar-refractivity contribution in [3.63, 3.8) is 0 Å². The van der Waals surface area contributed by atoms with Crippen LogP contribution in [0.4, 0.5) is 4.39 Å². The van der Waals surface area contributed by atoms with Gasteiger partial charge in [0.25, 0.3) is 5.56 Å². The Morgan fingerprint density at radius 3 is 2.52 bits per heavy atom. The van der Waals surface area contributed by atoms with Gasteiger partial charge in [0.1, 0.15) is 5.82 Å². The Morgan fingerprint density at radius 2 is 1.83 bits per heavy atom. The minimum Gasteiger partial charge on any atom is -0.337 e. The molecule has 0 spiro atoms. The Morgan fingerprint density at radius 1 is 1.10 bits per heavy atom. The van der Waals surface area contributed by atoms with Crippen molar-refractivity contribution in [3.05, 3.63) is 68.2 Å². The highest BCUT2D eigenvalue weighted by Crippen LogP contribution is 2.46. The van der Waals surface area contributed by atoms with E-state index in [2.05, 4.69) is 14.9 Å². The van der Waals surface area contributed by atoms with E-state index in [1.54, 1.807) is 0 Å². The normalized spacial score (nSPS) is 30.4. The summed E-state index contributed by atoms with van der Waals surface area (Å²) in [5.41, 5.74) is 0.201. The van der Waals surface area contributed by atoms with Crippen molar-refractivity contribution in [1.29, 1.82) is 0 Å². The van der Waals surface area contributed by atoms with E-state index in [0.717, 1.165) is 31.5 Å². The average Bonchev–Trinajstić information content (AvgIpc) is 3.15. The number of hydrogen-bond donors (Lipinski definition) is 2. The van der Waals surface area contributed by atoms with Gasteiger partial charge in [0.15, 0.2) is 0 Å². The smallest absolute Gasteiger partial charge is 0.325 e. The molecule has 1 amide bonds. The van der Waals surface area contributed by atoms with Crippen molar-refractivity contribution in [2.75, 3.05) is 19.6 Å². The van der Waals surface area contributed by atoms with Crippen molar-refractivity contribution in [2.24, 2.45) is 5.92 Å². The number of amides is 1. The van der Waals surface area contributed by atoms with Crippen molar-refractivity contribution >= 4 is 5.91 Å². The molecule has 1 aromatic carbocycles. The summed E-state index contributed by atoms with van der Waals surface area (Å²) in [6.45, 7) is 2.63. The van der Waals surface area contributed by atoms with E-state index in [1.807, 2.05) is 17.0 Å². The number of H-pyrrole nitrogens is 2. The minimum absolute atomic E-state index is 0.0435. The molecule has 4 saturated heterocycles. The van der Waals surface area contributed by atoms with Gasteiger partial charge in [-0.15, -0.1) is 0 Å². The minimum atomic E-state index is -0.582. The summed E-state index contributed by atoms with van der Waals surface area (Å²) in [6, 6.07) is 6.94. The van der Waals surface area contributed by atoms with Gasteiger partial charge in [-0.05, 0) is 49.5 Å². The van der Waals surface area contributed by atoms with Gasteiger partial charge in [0.2, 0.25) is 5.91 Å². The number of carbonyl (C=O) groups excluding carboxylic acids is 1. The van der Waals surface area contributed by atoms with E-state index in [4.69, 9.17) is 0 Å². The lowest BCUT2D eigenvalue weighted by Gasteiger charge is -2.51. The van der Waals surface area contributed by atoms with Gasteiger partial charge in [-0.3, -0.25) is 19.5 Å². The zero-order valence-electron chi connectivity index (χ0n) is 15.9. The van der Waals surface area contributed by atoms with Gasteiger partial charge in [-0.2, -0.15) is 0 Å². The molecular formula is C21H23FN4O3. The number of aromatic nitrogens is 2. The van der Waals surface area contributed by atoms with Crippen LogP contribution in [0.1, 0.15) is 29.9 Å². The summed E-state index contributed by atoms with van der Waals surface area (Å²) in [7, 11) is 0. The van der Waals surface area contributed by atoms with Crippen LogP contribution in [0, 0.1) is 11.7 Å². The van der Waals surface area contributed by atoms with Crippen LogP contribution < -0.4 is 11.2 Å². The predicted octanol–water partition coefficient (Wildman–Crippen LogP) is 0.834. The molecule has 8 heteroatoms. The van der Waals surface area contributed by atoms with E-state index < -0.39 is 11.2 Å². The number of halogens is 1. The number of benzene rings is 1. The fourth-order valence-corrected chi connectivity index (χ4v) is 5.54. The molecule has 0 unspecified atom stereocenters. The van der Waals surface area contributed by atoms with E-state index in [9.17, 15) is 18.8 Å². The SMILES string of the molecule is O=C(Cc1c[nH]c(=O)[nH]c1=O)N1C[C@@H](c2ccc(F)cc2)[C@@H]2[C@H]1C1CCN2CC1. The average molecular weight is 398 g/mol. The Labute approximate surface area is 166 Å². The Kier molecular flexibility index (Phi) is 4.38. The predicted molar refractivity (Wildman–Crippen MR) is 104 cm³/mol. The van der Waals surface area contributed by atoms with Crippen molar-refractivity contribution in [1.82, 2.24) is 19.8 Å². The molecule has 6 rings (SSSR count). The number of hydrogen-bond acceptors (Lipinski definition) is 4.